The van der Waals surface area contributed by atoms with Crippen LogP contribution in [-0.4, -0.2) is 27.9 Å². The quantitative estimate of drug-likeness (QED) is 0.461. The van der Waals surface area contributed by atoms with E-state index in [0.29, 0.717) is 5.75 Å². The molecule has 70 valence electrons. The molecule has 0 aromatic heterocycles. The molecule has 0 aliphatic rings. The van der Waals surface area contributed by atoms with Crippen molar-refractivity contribution < 1.29 is 19.8 Å². The van der Waals surface area contributed by atoms with Crippen LogP contribution in [-0.2, 0) is 9.59 Å². The molecule has 0 bridgehead atoms. The smallest absolute Gasteiger partial charge is 0.330 e. The molecule has 0 aliphatic carbocycles. The van der Waals surface area contributed by atoms with Gasteiger partial charge in [0, 0.05) is 11.3 Å². The van der Waals surface area contributed by atoms with Gasteiger partial charge in [-0.2, -0.15) is 12.6 Å². The van der Waals surface area contributed by atoms with Gasteiger partial charge in [-0.1, -0.05) is 6.58 Å². The van der Waals surface area contributed by atoms with Crippen molar-refractivity contribution in [2.24, 2.45) is 0 Å². The van der Waals surface area contributed by atoms with Gasteiger partial charge in [0.05, 0.1) is 6.42 Å². The molecule has 0 rings (SSSR count). The van der Waals surface area contributed by atoms with E-state index in [9.17, 15) is 9.59 Å². The Balaban J connectivity index is 0. The fourth-order valence-electron chi connectivity index (χ4n) is 0.0956. The molecule has 0 atom stereocenters. The molecule has 0 aliphatic heterocycles. The van der Waals surface area contributed by atoms with Crippen LogP contribution in [0, 0.1) is 0 Å². The van der Waals surface area contributed by atoms with Crippen LogP contribution in [0.5, 0.6) is 0 Å². The third-order valence-electron chi connectivity index (χ3n) is 0.691. The van der Waals surface area contributed by atoms with Crippen molar-refractivity contribution in [1.82, 2.24) is 0 Å². The van der Waals surface area contributed by atoms with Crippen LogP contribution in [0.3, 0.4) is 0 Å². The summed E-state index contributed by atoms with van der Waals surface area (Å²) in [6.07, 6.45) is 0.156. The normalized spacial score (nSPS) is 7.83. The highest BCUT2D eigenvalue weighted by Gasteiger charge is 1.90. The third kappa shape index (κ3) is 16.0. The molecule has 0 spiro atoms. The van der Waals surface area contributed by atoms with Crippen molar-refractivity contribution in [1.29, 1.82) is 0 Å². The molecule has 0 aromatic carbocycles. The van der Waals surface area contributed by atoms with Gasteiger partial charge >= 0.3 is 11.9 Å². The van der Waals surface area contributed by atoms with Crippen LogP contribution in [0.25, 0.3) is 0 Å². The number of hydrogen-bond donors (Lipinski definition) is 3. The standard InChI is InChI=1S/C4H6O2.C3H6O2S/c1-3(2)4(5)6;4-3(5)1-2-6/h1H2,2H3,(H,5,6);6H,1-2H2,(H,4,5). The first-order valence-corrected chi connectivity index (χ1v) is 3.76. The fourth-order valence-corrected chi connectivity index (χ4v) is 0.287. The number of hydrogen-bond acceptors (Lipinski definition) is 3. The van der Waals surface area contributed by atoms with Crippen LogP contribution in [0.1, 0.15) is 13.3 Å². The summed E-state index contributed by atoms with van der Waals surface area (Å²) in [4.78, 5) is 19.1. The largest absolute Gasteiger partial charge is 0.481 e. The van der Waals surface area contributed by atoms with Crippen LogP contribution < -0.4 is 0 Å². The first-order chi connectivity index (χ1) is 5.41. The summed E-state index contributed by atoms with van der Waals surface area (Å²) < 4.78 is 0. The highest BCUT2D eigenvalue weighted by Crippen LogP contribution is 1.81. The van der Waals surface area contributed by atoms with Gasteiger partial charge in [0.2, 0.25) is 0 Å². The summed E-state index contributed by atoms with van der Waals surface area (Å²) in [5.41, 5.74) is 0.176. The number of thiol groups is 1. The number of rotatable bonds is 3. The molecule has 12 heavy (non-hydrogen) atoms. The minimum absolute atomic E-state index is 0.156. The summed E-state index contributed by atoms with van der Waals surface area (Å²) in [6, 6.07) is 0. The number of aliphatic carboxylic acids is 2. The maximum absolute atomic E-state index is 9.60. The van der Waals surface area contributed by atoms with E-state index in [0.717, 1.165) is 0 Å². The molecule has 5 heteroatoms. The molecular weight excluding hydrogens is 180 g/mol. The van der Waals surface area contributed by atoms with Gasteiger partial charge in [0.15, 0.2) is 0 Å². The van der Waals surface area contributed by atoms with Gasteiger partial charge in [-0.3, -0.25) is 4.79 Å². The second kappa shape index (κ2) is 8.13. The number of carbonyl (C=O) groups is 2. The van der Waals surface area contributed by atoms with Crippen molar-refractivity contribution in [2.75, 3.05) is 5.75 Å². The Morgan fingerprint density at radius 2 is 1.75 bits per heavy atom. The number of carboxylic acids is 2. The predicted octanol–water partition coefficient (Wildman–Crippen LogP) is 1.04. The van der Waals surface area contributed by atoms with Gasteiger partial charge in [-0.25, -0.2) is 4.79 Å². The Morgan fingerprint density at radius 1 is 1.42 bits per heavy atom. The molecule has 0 fully saturated rings. The monoisotopic (exact) mass is 192 g/mol. The second-order valence-corrected chi connectivity index (χ2v) is 2.40. The highest BCUT2D eigenvalue weighted by atomic mass is 32.1. The van der Waals surface area contributed by atoms with Crippen molar-refractivity contribution in [3.05, 3.63) is 12.2 Å². The molecule has 0 saturated heterocycles. The fraction of sp³-hybridized carbons (Fsp3) is 0.429. The van der Waals surface area contributed by atoms with Gasteiger partial charge in [0.1, 0.15) is 0 Å². The molecule has 0 amide bonds. The molecule has 0 heterocycles. The molecular formula is C7H12O4S. The minimum Gasteiger partial charge on any atom is -0.481 e. The van der Waals surface area contributed by atoms with Gasteiger partial charge in [-0.05, 0) is 6.92 Å². The van der Waals surface area contributed by atoms with E-state index in [2.05, 4.69) is 19.2 Å². The minimum atomic E-state index is -0.935. The average Bonchev–Trinajstić information content (AvgIpc) is 1.87. The van der Waals surface area contributed by atoms with Crippen molar-refractivity contribution in [3.8, 4) is 0 Å². The molecule has 2 N–H and O–H groups in total. The Morgan fingerprint density at radius 3 is 1.75 bits per heavy atom. The molecule has 0 aromatic rings. The summed E-state index contributed by atoms with van der Waals surface area (Å²) in [6.45, 7) is 4.60. The molecule has 0 saturated carbocycles. The Kier molecular flexibility index (Phi) is 9.22. The van der Waals surface area contributed by atoms with Gasteiger partial charge in [0.25, 0.3) is 0 Å². The van der Waals surface area contributed by atoms with Gasteiger partial charge in [-0.15, -0.1) is 0 Å². The Labute approximate surface area is 76.3 Å². The maximum atomic E-state index is 9.60. The van der Waals surface area contributed by atoms with Crippen LogP contribution in [0.4, 0.5) is 0 Å². The molecule has 0 unspecified atom stereocenters. The van der Waals surface area contributed by atoms with E-state index >= 15 is 0 Å². The van der Waals surface area contributed by atoms with Crippen LogP contribution in [0.15, 0.2) is 12.2 Å². The maximum Gasteiger partial charge on any atom is 0.330 e. The SMILES string of the molecule is C=C(C)C(=O)O.O=C(O)CCS. The zero-order valence-electron chi connectivity index (χ0n) is 6.78. The van der Waals surface area contributed by atoms with Crippen molar-refractivity contribution >= 4 is 24.6 Å². The molecule has 0 radical (unpaired) electrons. The lowest BCUT2D eigenvalue weighted by Crippen LogP contribution is -1.93. The lowest BCUT2D eigenvalue weighted by molar-refractivity contribution is -0.136. The van der Waals surface area contributed by atoms with Crippen molar-refractivity contribution in [2.45, 2.75) is 13.3 Å². The van der Waals surface area contributed by atoms with E-state index in [1.807, 2.05) is 0 Å². The van der Waals surface area contributed by atoms with E-state index in [1.165, 1.54) is 6.92 Å². The van der Waals surface area contributed by atoms with Crippen LogP contribution in [0.2, 0.25) is 0 Å². The van der Waals surface area contributed by atoms with Gasteiger partial charge < -0.3 is 10.2 Å². The summed E-state index contributed by atoms with van der Waals surface area (Å²) in [5.74, 6) is -1.30. The van der Waals surface area contributed by atoms with E-state index in [-0.39, 0.29) is 12.0 Å². The zero-order valence-corrected chi connectivity index (χ0v) is 7.67. The van der Waals surface area contributed by atoms with E-state index in [4.69, 9.17) is 10.2 Å². The highest BCUT2D eigenvalue weighted by molar-refractivity contribution is 7.80. The average molecular weight is 192 g/mol. The van der Waals surface area contributed by atoms with E-state index in [1.54, 1.807) is 0 Å². The first kappa shape index (κ1) is 13.6. The lowest BCUT2D eigenvalue weighted by Gasteiger charge is -1.79. The van der Waals surface area contributed by atoms with E-state index < -0.39 is 11.9 Å². The third-order valence-corrected chi connectivity index (χ3v) is 0.914. The topological polar surface area (TPSA) is 74.6 Å². The Hall–Kier alpha value is -0.970. The predicted molar refractivity (Wildman–Crippen MR) is 48.6 cm³/mol. The zero-order chi connectivity index (χ0) is 10.1. The summed E-state index contributed by atoms with van der Waals surface area (Å²) in [5, 5.41) is 15.8. The molecule has 4 nitrogen and oxygen atoms in total. The van der Waals surface area contributed by atoms with Crippen LogP contribution >= 0.6 is 12.6 Å². The summed E-state index contributed by atoms with van der Waals surface area (Å²) in [7, 11) is 0. The number of carboxylic acid groups (broad SMARTS) is 2. The summed E-state index contributed by atoms with van der Waals surface area (Å²) >= 11 is 3.68. The first-order valence-electron chi connectivity index (χ1n) is 3.13. The second-order valence-electron chi connectivity index (χ2n) is 1.95. The Bertz CT molecular complexity index is 164. The lowest BCUT2D eigenvalue weighted by atomic mass is 10.4. The van der Waals surface area contributed by atoms with Crippen molar-refractivity contribution in [3.63, 3.8) is 0 Å².